The third-order valence-electron chi connectivity index (χ3n) is 5.35. The van der Waals surface area contributed by atoms with Gasteiger partial charge in [0.1, 0.15) is 0 Å². The van der Waals surface area contributed by atoms with Crippen LogP contribution in [0.15, 0.2) is 0 Å². The molecule has 3 unspecified atom stereocenters. The fourth-order valence-corrected chi connectivity index (χ4v) is 5.09. The Morgan fingerprint density at radius 3 is 2.41 bits per heavy atom. The third-order valence-corrected chi connectivity index (χ3v) is 5.35. The minimum atomic E-state index is -1.75. The second-order valence-electron chi connectivity index (χ2n) is 7.57. The van der Waals surface area contributed by atoms with E-state index < -0.39 is 30.3 Å². The number of alkyl halides is 1. The summed E-state index contributed by atoms with van der Waals surface area (Å²) in [4.78, 5) is 22.6. The van der Waals surface area contributed by atoms with Gasteiger partial charge in [0.2, 0.25) is 0 Å². The summed E-state index contributed by atoms with van der Waals surface area (Å²) in [6, 6.07) is 0. The molecule has 4 rings (SSSR count). The standard InChI is InChI=1S/C16H23FO5/c1-10(17)14(19)21-7-13(18)22-9-15-3-11-2-12(4-15)6-16(20,5-11)8-15/h10-12,20H,2-9H2,1H3. The van der Waals surface area contributed by atoms with Crippen molar-refractivity contribution >= 4 is 11.9 Å². The summed E-state index contributed by atoms with van der Waals surface area (Å²) in [5.74, 6) is -0.664. The van der Waals surface area contributed by atoms with E-state index in [1.54, 1.807) is 0 Å². The molecule has 0 amide bonds. The van der Waals surface area contributed by atoms with Crippen LogP contribution in [0.1, 0.15) is 45.4 Å². The van der Waals surface area contributed by atoms with Crippen molar-refractivity contribution in [3.05, 3.63) is 0 Å². The minimum absolute atomic E-state index is 0.133. The van der Waals surface area contributed by atoms with E-state index in [1.165, 1.54) is 6.42 Å². The van der Waals surface area contributed by atoms with Gasteiger partial charge in [0.25, 0.3) is 0 Å². The predicted molar refractivity (Wildman–Crippen MR) is 74.6 cm³/mol. The molecular formula is C16H23FO5. The molecule has 4 aliphatic carbocycles. The SMILES string of the molecule is CC(F)C(=O)OCC(=O)OCC12CC3CC(CC(O)(C3)C1)C2. The average molecular weight is 314 g/mol. The van der Waals surface area contributed by atoms with Crippen molar-refractivity contribution in [1.29, 1.82) is 0 Å². The molecule has 0 saturated heterocycles. The smallest absolute Gasteiger partial charge is 0.344 e. The monoisotopic (exact) mass is 314 g/mol. The Labute approximate surface area is 129 Å². The van der Waals surface area contributed by atoms with E-state index in [0.29, 0.717) is 18.3 Å². The summed E-state index contributed by atoms with van der Waals surface area (Å²) in [6.07, 6.45) is 3.81. The lowest BCUT2D eigenvalue weighted by molar-refractivity contribution is -0.189. The summed E-state index contributed by atoms with van der Waals surface area (Å²) in [5.41, 5.74) is -0.724. The first-order valence-corrected chi connectivity index (χ1v) is 7.98. The lowest BCUT2D eigenvalue weighted by Gasteiger charge is -2.59. The number of ether oxygens (including phenoxy) is 2. The van der Waals surface area contributed by atoms with Crippen LogP contribution in [-0.4, -0.2) is 42.0 Å². The Balaban J connectivity index is 1.51. The topological polar surface area (TPSA) is 72.8 Å². The summed E-state index contributed by atoms with van der Waals surface area (Å²) >= 11 is 0. The van der Waals surface area contributed by atoms with Crippen LogP contribution in [0.3, 0.4) is 0 Å². The van der Waals surface area contributed by atoms with Gasteiger partial charge in [-0.3, -0.25) is 0 Å². The highest BCUT2D eigenvalue weighted by Crippen LogP contribution is 2.61. The normalized spacial score (nSPS) is 40.3. The molecule has 4 fully saturated rings. The van der Waals surface area contributed by atoms with E-state index in [4.69, 9.17) is 4.74 Å². The highest BCUT2D eigenvalue weighted by atomic mass is 19.1. The number of halogens is 1. The quantitative estimate of drug-likeness (QED) is 0.783. The van der Waals surface area contributed by atoms with Gasteiger partial charge in [0.15, 0.2) is 12.8 Å². The van der Waals surface area contributed by atoms with Gasteiger partial charge in [-0.05, 0) is 57.3 Å². The van der Waals surface area contributed by atoms with E-state index in [1.807, 2.05) is 0 Å². The largest absolute Gasteiger partial charge is 0.463 e. The first-order valence-electron chi connectivity index (χ1n) is 7.98. The molecule has 4 saturated carbocycles. The van der Waals surface area contributed by atoms with Crippen molar-refractivity contribution in [2.45, 2.75) is 57.2 Å². The molecule has 4 aliphatic rings. The van der Waals surface area contributed by atoms with Crippen LogP contribution < -0.4 is 0 Å². The molecule has 0 aliphatic heterocycles. The second-order valence-corrected chi connectivity index (χ2v) is 7.57. The van der Waals surface area contributed by atoms with Gasteiger partial charge in [-0.25, -0.2) is 14.0 Å². The van der Waals surface area contributed by atoms with Gasteiger partial charge < -0.3 is 14.6 Å². The number of hydrogen-bond acceptors (Lipinski definition) is 5. The Hall–Kier alpha value is -1.17. The molecule has 0 spiro atoms. The molecule has 22 heavy (non-hydrogen) atoms. The first-order chi connectivity index (χ1) is 10.3. The van der Waals surface area contributed by atoms with E-state index in [-0.39, 0.29) is 12.0 Å². The van der Waals surface area contributed by atoms with Crippen LogP contribution in [0.2, 0.25) is 0 Å². The molecule has 3 atom stereocenters. The molecule has 4 bridgehead atoms. The summed E-state index contributed by atoms with van der Waals surface area (Å²) < 4.78 is 22.4. The zero-order valence-corrected chi connectivity index (χ0v) is 12.8. The molecule has 0 radical (unpaired) electrons. The maximum Gasteiger partial charge on any atom is 0.344 e. The summed E-state index contributed by atoms with van der Waals surface area (Å²) in [6.45, 7) is 0.758. The molecule has 0 aromatic heterocycles. The van der Waals surface area contributed by atoms with Crippen molar-refractivity contribution in [3.8, 4) is 0 Å². The van der Waals surface area contributed by atoms with Gasteiger partial charge in [0.05, 0.1) is 12.2 Å². The number of esters is 2. The van der Waals surface area contributed by atoms with E-state index in [9.17, 15) is 19.1 Å². The number of carbonyl (C=O) groups excluding carboxylic acids is 2. The van der Waals surface area contributed by atoms with Crippen LogP contribution in [0, 0.1) is 17.3 Å². The van der Waals surface area contributed by atoms with Crippen LogP contribution in [0.4, 0.5) is 4.39 Å². The molecule has 124 valence electrons. The lowest BCUT2D eigenvalue weighted by atomic mass is 9.48. The second kappa shape index (κ2) is 5.48. The van der Waals surface area contributed by atoms with Crippen molar-refractivity contribution in [1.82, 2.24) is 0 Å². The van der Waals surface area contributed by atoms with Crippen LogP contribution in [0.25, 0.3) is 0 Å². The van der Waals surface area contributed by atoms with Gasteiger partial charge in [0, 0.05) is 5.41 Å². The molecule has 0 aromatic rings. The van der Waals surface area contributed by atoms with Crippen molar-refractivity contribution in [2.75, 3.05) is 13.2 Å². The number of hydrogen-bond donors (Lipinski definition) is 1. The molecule has 0 heterocycles. The molecule has 6 heteroatoms. The Morgan fingerprint density at radius 1 is 1.23 bits per heavy atom. The van der Waals surface area contributed by atoms with Gasteiger partial charge in [-0.1, -0.05) is 0 Å². The van der Waals surface area contributed by atoms with E-state index in [0.717, 1.165) is 32.6 Å². The van der Waals surface area contributed by atoms with E-state index in [2.05, 4.69) is 4.74 Å². The molecule has 0 aromatic carbocycles. The Morgan fingerprint density at radius 2 is 1.86 bits per heavy atom. The van der Waals surface area contributed by atoms with Crippen molar-refractivity contribution < 1.29 is 28.6 Å². The minimum Gasteiger partial charge on any atom is -0.463 e. The Bertz CT molecular complexity index is 461. The zero-order chi connectivity index (χ0) is 16.0. The first kappa shape index (κ1) is 15.7. The predicted octanol–water partition coefficient (Wildman–Crippen LogP) is 1.76. The van der Waals surface area contributed by atoms with Gasteiger partial charge in [-0.15, -0.1) is 0 Å². The van der Waals surface area contributed by atoms with Crippen molar-refractivity contribution in [3.63, 3.8) is 0 Å². The fourth-order valence-electron chi connectivity index (χ4n) is 5.09. The molecule has 5 nitrogen and oxygen atoms in total. The maximum atomic E-state index is 12.6. The number of carbonyl (C=O) groups is 2. The fraction of sp³-hybridized carbons (Fsp3) is 0.875. The van der Waals surface area contributed by atoms with Crippen LogP contribution >= 0.6 is 0 Å². The highest BCUT2D eigenvalue weighted by Gasteiger charge is 2.57. The van der Waals surface area contributed by atoms with Crippen LogP contribution in [-0.2, 0) is 19.1 Å². The lowest BCUT2D eigenvalue weighted by Crippen LogP contribution is -2.57. The van der Waals surface area contributed by atoms with E-state index >= 15 is 0 Å². The number of aliphatic hydroxyl groups is 1. The molecular weight excluding hydrogens is 291 g/mol. The summed E-state index contributed by atoms with van der Waals surface area (Å²) in [5, 5.41) is 10.6. The third kappa shape index (κ3) is 3.12. The highest BCUT2D eigenvalue weighted by molar-refractivity contribution is 5.78. The molecule has 1 N–H and O–H groups in total. The maximum absolute atomic E-state index is 12.6. The number of rotatable bonds is 5. The summed E-state index contributed by atoms with van der Waals surface area (Å²) in [7, 11) is 0. The van der Waals surface area contributed by atoms with Crippen LogP contribution in [0.5, 0.6) is 0 Å². The van der Waals surface area contributed by atoms with Crippen molar-refractivity contribution in [2.24, 2.45) is 17.3 Å². The zero-order valence-electron chi connectivity index (χ0n) is 12.8. The van der Waals surface area contributed by atoms with Gasteiger partial charge >= 0.3 is 11.9 Å². The average Bonchev–Trinajstić information content (AvgIpc) is 2.39. The van der Waals surface area contributed by atoms with Gasteiger partial charge in [-0.2, -0.15) is 0 Å². The Kier molecular flexibility index (Phi) is 3.91.